The topological polar surface area (TPSA) is 30.8 Å². The van der Waals surface area contributed by atoms with Crippen molar-refractivity contribution in [3.05, 3.63) is 0 Å². The van der Waals surface area contributed by atoms with Crippen molar-refractivity contribution in [2.24, 2.45) is 4.99 Å². The van der Waals surface area contributed by atoms with Crippen LogP contribution in [0.4, 0.5) is 0 Å². The summed E-state index contributed by atoms with van der Waals surface area (Å²) < 4.78 is 9.84. The number of hydrogen-bond donors (Lipinski definition) is 0. The molecule has 76 valence electrons. The zero-order chi connectivity index (χ0) is 9.68. The second kappa shape index (κ2) is 5.32. The fourth-order valence-corrected chi connectivity index (χ4v) is 1.87. The van der Waals surface area contributed by atoms with Gasteiger partial charge in [-0.2, -0.15) is 0 Å². The van der Waals surface area contributed by atoms with Gasteiger partial charge in [-0.3, -0.25) is 0 Å². The fourth-order valence-electron chi connectivity index (χ4n) is 1.54. The maximum atomic E-state index is 6.12. The molecule has 2 atom stereocenters. The molecule has 0 N–H and O–H groups in total. The van der Waals surface area contributed by atoms with Gasteiger partial charge in [0.2, 0.25) is 0 Å². The summed E-state index contributed by atoms with van der Waals surface area (Å²) in [7, 11) is 3.10. The van der Waals surface area contributed by atoms with Crippen LogP contribution in [0.15, 0.2) is 4.99 Å². The Hall–Kier alpha value is -0.440. The van der Waals surface area contributed by atoms with Crippen LogP contribution in [0.3, 0.4) is 0 Å². The Morgan fingerprint density at radius 3 is 2.38 bits per heavy atom. The van der Waals surface area contributed by atoms with Gasteiger partial charge >= 0.3 is 6.08 Å². The summed E-state index contributed by atoms with van der Waals surface area (Å²) in [5.74, 6) is 0. The number of hydrogen-bond acceptors (Lipinski definition) is 3. The normalized spacial score (nSPS) is 27.9. The van der Waals surface area contributed by atoms with Crippen molar-refractivity contribution < 1.29 is 9.47 Å². The van der Waals surface area contributed by atoms with Crippen molar-refractivity contribution in [3.8, 4) is 0 Å². The highest BCUT2D eigenvalue weighted by atomic mass is 35.5. The molecular weight excluding hydrogens is 190 g/mol. The van der Waals surface area contributed by atoms with Crippen LogP contribution in [-0.4, -0.2) is 31.7 Å². The molecule has 0 radical (unpaired) electrons. The van der Waals surface area contributed by atoms with Gasteiger partial charge in [-0.1, -0.05) is 12.8 Å². The standard InChI is InChI=1S/C9H16ClNO2/c1-12-9(13-2)11-8-6-4-3-5-7(8)10/h7-8H,3-6H2,1-2H3/t7-,8?/m0/s1. The summed E-state index contributed by atoms with van der Waals surface area (Å²) in [6.45, 7) is 0. The maximum Gasteiger partial charge on any atom is 0.383 e. The van der Waals surface area contributed by atoms with Gasteiger partial charge in [-0.25, -0.2) is 4.99 Å². The highest BCUT2D eigenvalue weighted by molar-refractivity contribution is 6.21. The molecule has 0 aliphatic heterocycles. The Balaban J connectivity index is 2.53. The lowest BCUT2D eigenvalue weighted by Crippen LogP contribution is -2.25. The van der Waals surface area contributed by atoms with Gasteiger partial charge in [0.25, 0.3) is 0 Å². The SMILES string of the molecule is COC(=NC1CCCC[C@@H]1Cl)OC. The Morgan fingerprint density at radius 2 is 1.85 bits per heavy atom. The van der Waals surface area contributed by atoms with Crippen LogP contribution >= 0.6 is 11.6 Å². The van der Waals surface area contributed by atoms with E-state index in [1.807, 2.05) is 0 Å². The lowest BCUT2D eigenvalue weighted by atomic mass is 9.95. The Morgan fingerprint density at radius 1 is 1.23 bits per heavy atom. The van der Waals surface area contributed by atoms with E-state index in [0.29, 0.717) is 6.08 Å². The predicted molar refractivity (Wildman–Crippen MR) is 53.4 cm³/mol. The van der Waals surface area contributed by atoms with Crippen molar-refractivity contribution in [1.29, 1.82) is 0 Å². The number of alkyl halides is 1. The first-order valence-corrected chi connectivity index (χ1v) is 5.01. The van der Waals surface area contributed by atoms with Gasteiger partial charge in [0.05, 0.1) is 25.6 Å². The number of aliphatic imine (C=N–C) groups is 1. The van der Waals surface area contributed by atoms with Crippen molar-refractivity contribution in [3.63, 3.8) is 0 Å². The Kier molecular flexibility index (Phi) is 4.36. The zero-order valence-corrected chi connectivity index (χ0v) is 8.88. The van der Waals surface area contributed by atoms with Crippen LogP contribution in [-0.2, 0) is 9.47 Å². The largest absolute Gasteiger partial charge is 0.454 e. The summed E-state index contributed by atoms with van der Waals surface area (Å²) in [4.78, 5) is 4.29. The zero-order valence-electron chi connectivity index (χ0n) is 8.12. The monoisotopic (exact) mass is 205 g/mol. The van der Waals surface area contributed by atoms with Crippen LogP contribution < -0.4 is 0 Å². The molecule has 1 aliphatic rings. The van der Waals surface area contributed by atoms with E-state index in [1.54, 1.807) is 14.2 Å². The molecule has 1 fully saturated rings. The first-order chi connectivity index (χ1) is 6.27. The van der Waals surface area contributed by atoms with Gasteiger partial charge in [0.15, 0.2) is 0 Å². The van der Waals surface area contributed by atoms with E-state index in [4.69, 9.17) is 21.1 Å². The third kappa shape index (κ3) is 3.07. The second-order valence-electron chi connectivity index (χ2n) is 3.17. The van der Waals surface area contributed by atoms with Crippen molar-refractivity contribution in [1.82, 2.24) is 0 Å². The molecule has 3 nitrogen and oxygen atoms in total. The molecule has 0 heterocycles. The van der Waals surface area contributed by atoms with Crippen LogP contribution in [0.5, 0.6) is 0 Å². The lowest BCUT2D eigenvalue weighted by molar-refractivity contribution is 0.235. The summed E-state index contributed by atoms with van der Waals surface area (Å²) in [6.07, 6.45) is 4.80. The number of methoxy groups -OCH3 is 2. The number of ether oxygens (including phenoxy) is 2. The molecule has 1 aliphatic carbocycles. The van der Waals surface area contributed by atoms with Gasteiger partial charge in [-0.15, -0.1) is 11.6 Å². The molecule has 0 spiro atoms. The Bertz CT molecular complexity index is 178. The van der Waals surface area contributed by atoms with Crippen molar-refractivity contribution in [2.45, 2.75) is 37.1 Å². The molecule has 0 aromatic rings. The first-order valence-electron chi connectivity index (χ1n) is 4.57. The molecule has 0 aromatic carbocycles. The van der Waals surface area contributed by atoms with Gasteiger partial charge < -0.3 is 9.47 Å². The molecule has 0 bridgehead atoms. The minimum absolute atomic E-state index is 0.133. The minimum Gasteiger partial charge on any atom is -0.454 e. The third-order valence-electron chi connectivity index (χ3n) is 2.27. The van der Waals surface area contributed by atoms with Crippen molar-refractivity contribution in [2.75, 3.05) is 14.2 Å². The van der Waals surface area contributed by atoms with E-state index in [1.165, 1.54) is 12.8 Å². The molecule has 1 unspecified atom stereocenters. The summed E-state index contributed by atoms with van der Waals surface area (Å²) in [5.41, 5.74) is 0. The van der Waals surface area contributed by atoms with E-state index in [2.05, 4.69) is 4.99 Å². The predicted octanol–water partition coefficient (Wildman–Crippen LogP) is 2.19. The average Bonchev–Trinajstić information content (AvgIpc) is 2.17. The van der Waals surface area contributed by atoms with Crippen LogP contribution in [0.2, 0.25) is 0 Å². The van der Waals surface area contributed by atoms with E-state index < -0.39 is 0 Å². The van der Waals surface area contributed by atoms with Crippen LogP contribution in [0.1, 0.15) is 25.7 Å². The van der Waals surface area contributed by atoms with Gasteiger partial charge in [0, 0.05) is 0 Å². The number of nitrogens with zero attached hydrogens (tertiary/aromatic N) is 1. The molecule has 4 heteroatoms. The molecule has 13 heavy (non-hydrogen) atoms. The summed E-state index contributed by atoms with van der Waals surface area (Å²) in [5, 5.41) is 0.133. The molecule has 0 saturated heterocycles. The summed E-state index contributed by atoms with van der Waals surface area (Å²) in [6, 6.07) is 0.158. The first kappa shape index (κ1) is 10.6. The Labute approximate surface area is 84.1 Å². The van der Waals surface area contributed by atoms with E-state index >= 15 is 0 Å². The van der Waals surface area contributed by atoms with Gasteiger partial charge in [0.1, 0.15) is 0 Å². The third-order valence-corrected chi connectivity index (χ3v) is 2.78. The maximum absolute atomic E-state index is 6.12. The number of halogens is 1. The molecule has 0 amide bonds. The molecular formula is C9H16ClNO2. The van der Waals surface area contributed by atoms with E-state index in [9.17, 15) is 0 Å². The highest BCUT2D eigenvalue weighted by Gasteiger charge is 2.23. The van der Waals surface area contributed by atoms with Gasteiger partial charge in [-0.05, 0) is 12.8 Å². The van der Waals surface area contributed by atoms with Crippen LogP contribution in [0.25, 0.3) is 0 Å². The van der Waals surface area contributed by atoms with E-state index in [0.717, 1.165) is 12.8 Å². The average molecular weight is 206 g/mol. The number of rotatable bonds is 1. The van der Waals surface area contributed by atoms with Crippen molar-refractivity contribution >= 4 is 17.7 Å². The summed E-state index contributed by atoms with van der Waals surface area (Å²) >= 11 is 6.12. The second-order valence-corrected chi connectivity index (χ2v) is 3.73. The minimum atomic E-state index is 0.133. The molecule has 1 saturated carbocycles. The molecule has 0 aromatic heterocycles. The quantitative estimate of drug-likeness (QED) is 0.373. The highest BCUT2D eigenvalue weighted by Crippen LogP contribution is 2.25. The van der Waals surface area contributed by atoms with E-state index in [-0.39, 0.29) is 11.4 Å². The lowest BCUT2D eigenvalue weighted by Gasteiger charge is -2.23. The fraction of sp³-hybridized carbons (Fsp3) is 0.889. The van der Waals surface area contributed by atoms with Crippen LogP contribution in [0, 0.1) is 0 Å². The molecule has 1 rings (SSSR count). The smallest absolute Gasteiger partial charge is 0.383 e.